The third-order valence-corrected chi connectivity index (χ3v) is 3.35. The number of hydrogen-bond donors (Lipinski definition) is 1. The molecule has 0 spiro atoms. The van der Waals surface area contributed by atoms with Gasteiger partial charge >= 0.3 is 0 Å². The molecule has 2 heterocycles. The SMILES string of the molecule is Cc1cc(C(=O)N2CCC(N)C2C)c(C)o1. The van der Waals surface area contributed by atoms with Crippen LogP contribution in [0.2, 0.25) is 0 Å². The maximum atomic E-state index is 12.2. The van der Waals surface area contributed by atoms with Crippen molar-refractivity contribution in [2.45, 2.75) is 39.3 Å². The highest BCUT2D eigenvalue weighted by Gasteiger charge is 2.33. The van der Waals surface area contributed by atoms with E-state index in [-0.39, 0.29) is 18.0 Å². The molecule has 0 aromatic carbocycles. The maximum Gasteiger partial charge on any atom is 0.257 e. The van der Waals surface area contributed by atoms with E-state index in [9.17, 15) is 4.79 Å². The highest BCUT2D eigenvalue weighted by Crippen LogP contribution is 2.22. The van der Waals surface area contributed by atoms with Crippen LogP contribution in [0.15, 0.2) is 10.5 Å². The van der Waals surface area contributed by atoms with Crippen LogP contribution in [0.3, 0.4) is 0 Å². The number of aryl methyl sites for hydroxylation is 2. The molecule has 1 aliphatic heterocycles. The predicted molar refractivity (Wildman–Crippen MR) is 61.3 cm³/mol. The Morgan fingerprint density at radius 1 is 1.56 bits per heavy atom. The summed E-state index contributed by atoms with van der Waals surface area (Å²) >= 11 is 0. The predicted octanol–water partition coefficient (Wildman–Crippen LogP) is 1.46. The van der Waals surface area contributed by atoms with Gasteiger partial charge in [-0.3, -0.25) is 4.79 Å². The first-order valence-corrected chi connectivity index (χ1v) is 5.64. The molecule has 1 aliphatic rings. The topological polar surface area (TPSA) is 59.5 Å². The lowest BCUT2D eigenvalue weighted by atomic mass is 10.1. The van der Waals surface area contributed by atoms with Crippen LogP contribution < -0.4 is 5.73 Å². The molecule has 2 unspecified atom stereocenters. The molecule has 2 atom stereocenters. The van der Waals surface area contributed by atoms with Gasteiger partial charge in [0.2, 0.25) is 0 Å². The molecule has 0 aliphatic carbocycles. The number of likely N-dealkylation sites (tertiary alicyclic amines) is 1. The molecule has 1 fully saturated rings. The molecule has 88 valence electrons. The second-order valence-electron chi connectivity index (χ2n) is 4.52. The molecule has 4 heteroatoms. The summed E-state index contributed by atoms with van der Waals surface area (Å²) in [6.45, 7) is 6.41. The number of hydrogen-bond acceptors (Lipinski definition) is 3. The maximum absolute atomic E-state index is 12.2. The first-order chi connectivity index (χ1) is 7.50. The Labute approximate surface area is 95.4 Å². The average molecular weight is 222 g/mol. The number of nitrogens with zero attached hydrogens (tertiary/aromatic N) is 1. The van der Waals surface area contributed by atoms with Crippen LogP contribution >= 0.6 is 0 Å². The van der Waals surface area contributed by atoms with Crippen molar-refractivity contribution < 1.29 is 9.21 Å². The molecule has 4 nitrogen and oxygen atoms in total. The minimum absolute atomic E-state index is 0.0369. The third kappa shape index (κ3) is 1.73. The van der Waals surface area contributed by atoms with Crippen LogP contribution in [-0.2, 0) is 0 Å². The standard InChI is InChI=1S/C12H18N2O2/c1-7-6-10(9(3)16-7)12(15)14-5-4-11(13)8(14)2/h6,8,11H,4-5,13H2,1-3H3. The van der Waals surface area contributed by atoms with Gasteiger partial charge in [-0.2, -0.15) is 0 Å². The molecule has 2 N–H and O–H groups in total. The zero-order valence-corrected chi connectivity index (χ0v) is 9.99. The Bertz CT molecular complexity index is 411. The number of carbonyl (C=O) groups is 1. The summed E-state index contributed by atoms with van der Waals surface area (Å²) in [5, 5.41) is 0. The third-order valence-electron chi connectivity index (χ3n) is 3.35. The highest BCUT2D eigenvalue weighted by atomic mass is 16.3. The summed E-state index contributed by atoms with van der Waals surface area (Å²) < 4.78 is 5.38. The molecular formula is C12H18N2O2. The van der Waals surface area contributed by atoms with Crippen molar-refractivity contribution in [3.05, 3.63) is 23.2 Å². The molecule has 1 saturated heterocycles. The monoisotopic (exact) mass is 222 g/mol. The number of nitrogens with two attached hydrogens (primary N) is 1. The van der Waals surface area contributed by atoms with E-state index in [2.05, 4.69) is 0 Å². The van der Waals surface area contributed by atoms with Gasteiger partial charge in [0.05, 0.1) is 5.56 Å². The van der Waals surface area contributed by atoms with Crippen molar-refractivity contribution in [2.24, 2.45) is 5.73 Å². The minimum Gasteiger partial charge on any atom is -0.466 e. The Hall–Kier alpha value is -1.29. The summed E-state index contributed by atoms with van der Waals surface area (Å²) in [4.78, 5) is 14.1. The van der Waals surface area contributed by atoms with Gasteiger partial charge in [-0.1, -0.05) is 0 Å². The summed E-state index contributed by atoms with van der Waals surface area (Å²) in [6, 6.07) is 2.01. The lowest BCUT2D eigenvalue weighted by Gasteiger charge is -2.22. The zero-order valence-electron chi connectivity index (χ0n) is 9.99. The van der Waals surface area contributed by atoms with Crippen LogP contribution in [0, 0.1) is 13.8 Å². The molecule has 0 radical (unpaired) electrons. The molecule has 0 bridgehead atoms. The Balaban J connectivity index is 2.23. The lowest BCUT2D eigenvalue weighted by Crippen LogP contribution is -2.40. The van der Waals surface area contributed by atoms with Crippen LogP contribution in [0.25, 0.3) is 0 Å². The van der Waals surface area contributed by atoms with Gasteiger partial charge in [0.1, 0.15) is 11.5 Å². The van der Waals surface area contributed by atoms with Crippen LogP contribution in [0.5, 0.6) is 0 Å². The van der Waals surface area contributed by atoms with Crippen molar-refractivity contribution in [3.63, 3.8) is 0 Å². The Kier molecular flexibility index (Phi) is 2.76. The van der Waals surface area contributed by atoms with E-state index in [1.807, 2.05) is 25.7 Å². The number of amides is 1. The molecule has 1 amide bonds. The summed E-state index contributed by atoms with van der Waals surface area (Å²) in [5.41, 5.74) is 6.58. The van der Waals surface area contributed by atoms with Gasteiger partial charge in [-0.25, -0.2) is 0 Å². The second kappa shape index (κ2) is 3.94. The zero-order chi connectivity index (χ0) is 11.9. The van der Waals surface area contributed by atoms with Gasteiger partial charge in [0, 0.05) is 18.6 Å². The summed E-state index contributed by atoms with van der Waals surface area (Å²) in [5.74, 6) is 1.50. The first-order valence-electron chi connectivity index (χ1n) is 5.64. The van der Waals surface area contributed by atoms with Crippen molar-refractivity contribution in [1.29, 1.82) is 0 Å². The van der Waals surface area contributed by atoms with Gasteiger partial charge < -0.3 is 15.1 Å². The summed E-state index contributed by atoms with van der Waals surface area (Å²) in [7, 11) is 0. The van der Waals surface area contributed by atoms with E-state index in [4.69, 9.17) is 10.2 Å². The van der Waals surface area contributed by atoms with Gasteiger partial charge in [0.15, 0.2) is 0 Å². The minimum atomic E-state index is 0.0369. The van der Waals surface area contributed by atoms with E-state index in [1.54, 1.807) is 6.07 Å². The van der Waals surface area contributed by atoms with E-state index in [1.165, 1.54) is 0 Å². The van der Waals surface area contributed by atoms with Crippen molar-refractivity contribution in [2.75, 3.05) is 6.54 Å². The number of furan rings is 1. The number of carbonyl (C=O) groups excluding carboxylic acids is 1. The van der Waals surface area contributed by atoms with Crippen molar-refractivity contribution >= 4 is 5.91 Å². The van der Waals surface area contributed by atoms with E-state index >= 15 is 0 Å². The summed E-state index contributed by atoms with van der Waals surface area (Å²) in [6.07, 6.45) is 0.878. The van der Waals surface area contributed by atoms with Crippen molar-refractivity contribution in [1.82, 2.24) is 4.90 Å². The fourth-order valence-corrected chi connectivity index (χ4v) is 2.25. The van der Waals surface area contributed by atoms with Crippen LogP contribution in [0.1, 0.15) is 35.2 Å². The molecule has 1 aromatic rings. The molecular weight excluding hydrogens is 204 g/mol. The average Bonchev–Trinajstić information content (AvgIpc) is 2.71. The van der Waals surface area contributed by atoms with E-state index in [0.29, 0.717) is 11.3 Å². The van der Waals surface area contributed by atoms with E-state index in [0.717, 1.165) is 18.7 Å². The largest absolute Gasteiger partial charge is 0.466 e. The first kappa shape index (κ1) is 11.2. The fraction of sp³-hybridized carbons (Fsp3) is 0.583. The molecule has 1 aromatic heterocycles. The Morgan fingerprint density at radius 2 is 2.25 bits per heavy atom. The normalized spacial score (nSPS) is 25.1. The van der Waals surface area contributed by atoms with E-state index < -0.39 is 0 Å². The van der Waals surface area contributed by atoms with Gasteiger partial charge in [-0.15, -0.1) is 0 Å². The van der Waals surface area contributed by atoms with Crippen LogP contribution in [0.4, 0.5) is 0 Å². The Morgan fingerprint density at radius 3 is 2.69 bits per heavy atom. The van der Waals surface area contributed by atoms with Crippen molar-refractivity contribution in [3.8, 4) is 0 Å². The van der Waals surface area contributed by atoms with Crippen LogP contribution in [-0.4, -0.2) is 29.4 Å². The smallest absolute Gasteiger partial charge is 0.257 e. The quantitative estimate of drug-likeness (QED) is 0.782. The molecule has 16 heavy (non-hydrogen) atoms. The second-order valence-corrected chi connectivity index (χ2v) is 4.52. The van der Waals surface area contributed by atoms with Gasteiger partial charge in [0.25, 0.3) is 5.91 Å². The highest BCUT2D eigenvalue weighted by molar-refractivity contribution is 5.95. The number of rotatable bonds is 1. The molecule has 2 rings (SSSR count). The molecule has 0 saturated carbocycles. The lowest BCUT2D eigenvalue weighted by molar-refractivity contribution is 0.0741. The fourth-order valence-electron chi connectivity index (χ4n) is 2.25. The van der Waals surface area contributed by atoms with Gasteiger partial charge in [-0.05, 0) is 33.3 Å².